The van der Waals surface area contributed by atoms with Gasteiger partial charge in [-0.2, -0.15) is 0 Å². The molecule has 2 rings (SSSR count). The molecule has 2 nitrogen and oxygen atoms in total. The predicted molar refractivity (Wildman–Crippen MR) is 69.9 cm³/mol. The van der Waals surface area contributed by atoms with Gasteiger partial charge in [-0.15, -0.1) is 0 Å². The number of rotatable bonds is 2. The normalized spacial score (nSPS) is 10.6. The summed E-state index contributed by atoms with van der Waals surface area (Å²) in [7, 11) is 0. The van der Waals surface area contributed by atoms with Crippen LogP contribution in [0.3, 0.4) is 0 Å². The van der Waals surface area contributed by atoms with Gasteiger partial charge in [0.05, 0.1) is 5.69 Å². The third-order valence-electron chi connectivity index (χ3n) is 3.13. The van der Waals surface area contributed by atoms with E-state index in [1.807, 2.05) is 20.8 Å². The summed E-state index contributed by atoms with van der Waals surface area (Å²) in [6, 6.07) is 7.01. The highest BCUT2D eigenvalue weighted by atomic mass is 35.5. The van der Waals surface area contributed by atoms with Gasteiger partial charge in [-0.05, 0) is 44.0 Å². The van der Waals surface area contributed by atoms with E-state index in [9.17, 15) is 4.79 Å². The third-order valence-corrected chi connectivity index (χ3v) is 3.36. The molecule has 2 aromatic rings. The van der Waals surface area contributed by atoms with E-state index in [0.29, 0.717) is 16.3 Å². The maximum absolute atomic E-state index is 12.3. The summed E-state index contributed by atoms with van der Waals surface area (Å²) in [6.07, 6.45) is 0. The zero-order chi connectivity index (χ0) is 12.6. The van der Waals surface area contributed by atoms with E-state index in [-0.39, 0.29) is 5.78 Å². The highest BCUT2D eigenvalue weighted by Crippen LogP contribution is 2.20. The van der Waals surface area contributed by atoms with Crippen LogP contribution in [0.25, 0.3) is 0 Å². The molecule has 0 spiro atoms. The Labute approximate surface area is 106 Å². The number of carbonyl (C=O) groups excluding carboxylic acids is 1. The number of benzene rings is 1. The molecular weight excluding hydrogens is 234 g/mol. The summed E-state index contributed by atoms with van der Waals surface area (Å²) in [5, 5.41) is 0.577. The molecule has 1 aromatic heterocycles. The lowest BCUT2D eigenvalue weighted by Crippen LogP contribution is -2.03. The number of aryl methyl sites for hydroxylation is 1. The van der Waals surface area contributed by atoms with Crippen LogP contribution >= 0.6 is 11.6 Å². The second kappa shape index (κ2) is 4.38. The first-order chi connectivity index (χ1) is 8.00. The zero-order valence-electron chi connectivity index (χ0n) is 10.1. The Hall–Kier alpha value is -1.54. The molecule has 1 aromatic carbocycles. The second-order valence-electron chi connectivity index (χ2n) is 4.21. The Balaban J connectivity index is 2.47. The topological polar surface area (TPSA) is 32.9 Å². The van der Waals surface area contributed by atoms with Crippen molar-refractivity contribution in [3.63, 3.8) is 0 Å². The molecule has 0 atom stereocenters. The van der Waals surface area contributed by atoms with E-state index < -0.39 is 0 Å². The van der Waals surface area contributed by atoms with Crippen molar-refractivity contribution in [2.75, 3.05) is 0 Å². The lowest BCUT2D eigenvalue weighted by molar-refractivity contribution is 0.103. The highest BCUT2D eigenvalue weighted by Gasteiger charge is 2.16. The van der Waals surface area contributed by atoms with E-state index in [4.69, 9.17) is 11.6 Å². The van der Waals surface area contributed by atoms with Crippen LogP contribution in [0.4, 0.5) is 0 Å². The molecule has 0 radical (unpaired) electrons. The molecule has 0 aliphatic rings. The van der Waals surface area contributed by atoms with Gasteiger partial charge in [0.1, 0.15) is 0 Å². The van der Waals surface area contributed by atoms with Crippen LogP contribution in [0.15, 0.2) is 24.3 Å². The largest absolute Gasteiger partial charge is 0.356 e. The molecule has 3 heteroatoms. The van der Waals surface area contributed by atoms with E-state index >= 15 is 0 Å². The van der Waals surface area contributed by atoms with Crippen molar-refractivity contribution in [1.29, 1.82) is 0 Å². The number of halogens is 1. The number of H-pyrrole nitrogens is 1. The van der Waals surface area contributed by atoms with Crippen LogP contribution in [-0.2, 0) is 0 Å². The number of aromatic amines is 1. The smallest absolute Gasteiger partial charge is 0.209 e. The number of nitrogens with one attached hydrogen (secondary N) is 1. The van der Waals surface area contributed by atoms with Crippen molar-refractivity contribution >= 4 is 17.4 Å². The van der Waals surface area contributed by atoms with Gasteiger partial charge in [0.15, 0.2) is 0 Å². The maximum Gasteiger partial charge on any atom is 0.209 e. The fraction of sp³-hybridized carbons (Fsp3) is 0.214. The van der Waals surface area contributed by atoms with Gasteiger partial charge in [0, 0.05) is 16.3 Å². The first kappa shape index (κ1) is 11.9. The van der Waals surface area contributed by atoms with Gasteiger partial charge < -0.3 is 4.98 Å². The van der Waals surface area contributed by atoms with E-state index in [2.05, 4.69) is 4.98 Å². The van der Waals surface area contributed by atoms with Crippen molar-refractivity contribution in [2.24, 2.45) is 0 Å². The molecule has 0 aliphatic heterocycles. The minimum absolute atomic E-state index is 0.0128. The summed E-state index contributed by atoms with van der Waals surface area (Å²) in [5.41, 5.74) is 4.44. The Morgan fingerprint density at radius 3 is 2.41 bits per heavy atom. The Morgan fingerprint density at radius 1 is 1.18 bits per heavy atom. The van der Waals surface area contributed by atoms with E-state index in [1.165, 1.54) is 0 Å². The summed E-state index contributed by atoms with van der Waals surface area (Å²) >= 11 is 5.89. The molecule has 0 saturated heterocycles. The van der Waals surface area contributed by atoms with Crippen LogP contribution in [0.1, 0.15) is 32.9 Å². The van der Waals surface area contributed by atoms with Crippen LogP contribution in [-0.4, -0.2) is 10.8 Å². The van der Waals surface area contributed by atoms with Crippen molar-refractivity contribution in [3.8, 4) is 0 Å². The molecule has 17 heavy (non-hydrogen) atoms. The molecule has 0 fully saturated rings. The fourth-order valence-corrected chi connectivity index (χ4v) is 2.04. The fourth-order valence-electron chi connectivity index (χ4n) is 1.84. The minimum Gasteiger partial charge on any atom is -0.356 e. The second-order valence-corrected chi connectivity index (χ2v) is 4.65. The van der Waals surface area contributed by atoms with E-state index in [0.717, 1.165) is 16.8 Å². The molecule has 0 bridgehead atoms. The van der Waals surface area contributed by atoms with Gasteiger partial charge in [-0.3, -0.25) is 4.79 Å². The van der Waals surface area contributed by atoms with Crippen molar-refractivity contribution < 1.29 is 4.79 Å². The average Bonchev–Trinajstić information content (AvgIpc) is 2.56. The summed E-state index contributed by atoms with van der Waals surface area (Å²) < 4.78 is 0. The Kier molecular flexibility index (Phi) is 3.07. The van der Waals surface area contributed by atoms with Gasteiger partial charge in [0.25, 0.3) is 0 Å². The highest BCUT2D eigenvalue weighted by molar-refractivity contribution is 6.31. The maximum atomic E-state index is 12.3. The number of aromatic nitrogens is 1. The van der Waals surface area contributed by atoms with Gasteiger partial charge in [-0.1, -0.05) is 23.7 Å². The minimum atomic E-state index is -0.0128. The Morgan fingerprint density at radius 2 is 1.88 bits per heavy atom. The van der Waals surface area contributed by atoms with E-state index in [1.54, 1.807) is 24.3 Å². The van der Waals surface area contributed by atoms with Gasteiger partial charge in [-0.25, -0.2) is 0 Å². The number of ketones is 1. The molecular formula is C14H14ClNO. The van der Waals surface area contributed by atoms with Crippen LogP contribution in [0.2, 0.25) is 5.02 Å². The lowest BCUT2D eigenvalue weighted by Gasteiger charge is -2.01. The van der Waals surface area contributed by atoms with Crippen molar-refractivity contribution in [1.82, 2.24) is 4.98 Å². The van der Waals surface area contributed by atoms with Crippen molar-refractivity contribution in [3.05, 3.63) is 57.4 Å². The first-order valence-electron chi connectivity index (χ1n) is 5.46. The molecule has 0 saturated carbocycles. The molecule has 1 heterocycles. The Bertz CT molecular complexity index is 584. The number of hydrogen-bond donors (Lipinski definition) is 1. The quantitative estimate of drug-likeness (QED) is 0.804. The SMILES string of the molecule is Cc1[nH]c(C(=O)c2cccc(Cl)c2)c(C)c1C. The molecule has 0 unspecified atom stereocenters. The van der Waals surface area contributed by atoms with Crippen LogP contribution < -0.4 is 0 Å². The number of carbonyl (C=O) groups is 1. The third kappa shape index (κ3) is 2.13. The van der Waals surface area contributed by atoms with Crippen LogP contribution in [0, 0.1) is 20.8 Å². The lowest BCUT2D eigenvalue weighted by atomic mass is 10.0. The number of hydrogen-bond acceptors (Lipinski definition) is 1. The average molecular weight is 248 g/mol. The molecule has 88 valence electrons. The molecule has 0 aliphatic carbocycles. The van der Waals surface area contributed by atoms with Crippen LogP contribution in [0.5, 0.6) is 0 Å². The monoisotopic (exact) mass is 247 g/mol. The standard InChI is InChI=1S/C14H14ClNO/c1-8-9(2)13(16-10(8)3)14(17)11-5-4-6-12(15)7-11/h4-7,16H,1-3H3. The summed E-state index contributed by atoms with van der Waals surface area (Å²) in [6.45, 7) is 5.93. The van der Waals surface area contributed by atoms with Gasteiger partial charge >= 0.3 is 0 Å². The molecule has 0 amide bonds. The zero-order valence-corrected chi connectivity index (χ0v) is 10.9. The molecule has 1 N–H and O–H groups in total. The predicted octanol–water partition coefficient (Wildman–Crippen LogP) is 3.82. The van der Waals surface area contributed by atoms with Crippen molar-refractivity contribution in [2.45, 2.75) is 20.8 Å². The van der Waals surface area contributed by atoms with Gasteiger partial charge in [0.2, 0.25) is 5.78 Å². The summed E-state index contributed by atoms with van der Waals surface area (Å²) in [5.74, 6) is -0.0128. The first-order valence-corrected chi connectivity index (χ1v) is 5.84. The summed E-state index contributed by atoms with van der Waals surface area (Å²) in [4.78, 5) is 15.4.